The third kappa shape index (κ3) is 6.57. The zero-order chi connectivity index (χ0) is 21.9. The lowest BCUT2D eigenvalue weighted by Crippen LogP contribution is -2.21. The smallest absolute Gasteiger partial charge is 0.341 e. The number of carbonyl (C=O) groups is 2. The van der Waals surface area contributed by atoms with Crippen molar-refractivity contribution in [3.05, 3.63) is 63.7 Å². The number of hydrogen-bond acceptors (Lipinski definition) is 8. The van der Waals surface area contributed by atoms with Crippen LogP contribution in [-0.2, 0) is 20.7 Å². The van der Waals surface area contributed by atoms with Crippen LogP contribution in [0.25, 0.3) is 0 Å². The van der Waals surface area contributed by atoms with Gasteiger partial charge >= 0.3 is 5.97 Å². The molecule has 0 fully saturated rings. The van der Waals surface area contributed by atoms with Gasteiger partial charge in [0.2, 0.25) is 0 Å². The molecule has 0 heterocycles. The summed E-state index contributed by atoms with van der Waals surface area (Å²) >= 11 is 0. The van der Waals surface area contributed by atoms with Gasteiger partial charge in [-0.1, -0.05) is 12.1 Å². The lowest BCUT2D eigenvalue weighted by molar-refractivity contribution is -0.384. The molecule has 1 amide bonds. The highest BCUT2D eigenvalue weighted by Crippen LogP contribution is 2.23. The Morgan fingerprint density at radius 1 is 1.20 bits per heavy atom. The summed E-state index contributed by atoms with van der Waals surface area (Å²) < 4.78 is 9.94. The molecule has 30 heavy (non-hydrogen) atoms. The van der Waals surface area contributed by atoms with Crippen LogP contribution < -0.4 is 10.6 Å². The number of nitro groups is 1. The van der Waals surface area contributed by atoms with Gasteiger partial charge in [0.1, 0.15) is 0 Å². The van der Waals surface area contributed by atoms with Crippen molar-refractivity contribution < 1.29 is 24.0 Å². The lowest BCUT2D eigenvalue weighted by atomic mass is 10.1. The fourth-order valence-electron chi connectivity index (χ4n) is 2.46. The van der Waals surface area contributed by atoms with Gasteiger partial charge in [-0.2, -0.15) is 5.26 Å². The molecule has 0 aromatic heterocycles. The Morgan fingerprint density at radius 3 is 2.57 bits per heavy atom. The zero-order valence-corrected chi connectivity index (χ0v) is 16.2. The second-order valence-electron chi connectivity index (χ2n) is 6.06. The Labute approximate surface area is 172 Å². The first-order chi connectivity index (χ1) is 14.4. The fraction of sp³-hybridized carbons (Fsp3) is 0.250. The number of nitriles is 1. The average molecular weight is 412 g/mol. The van der Waals surface area contributed by atoms with Crippen LogP contribution in [-0.4, -0.2) is 43.7 Å². The molecule has 2 aromatic rings. The highest BCUT2D eigenvalue weighted by molar-refractivity contribution is 5.99. The number of hydrogen-bond donors (Lipinski definition) is 2. The molecule has 0 spiro atoms. The number of rotatable bonds is 10. The minimum Gasteiger partial charge on any atom is -0.452 e. The zero-order valence-electron chi connectivity index (χ0n) is 16.2. The third-order valence-corrected chi connectivity index (χ3v) is 3.91. The third-order valence-electron chi connectivity index (χ3n) is 3.91. The summed E-state index contributed by atoms with van der Waals surface area (Å²) in [6.07, 6.45) is 0.260. The predicted octanol–water partition coefficient (Wildman–Crippen LogP) is 2.51. The molecular weight excluding hydrogens is 392 g/mol. The number of ether oxygens (including phenoxy) is 2. The molecule has 2 rings (SSSR count). The molecule has 0 atom stereocenters. The van der Waals surface area contributed by atoms with Crippen molar-refractivity contribution in [2.24, 2.45) is 0 Å². The number of nitrogens with zero attached hydrogens (tertiary/aromatic N) is 2. The van der Waals surface area contributed by atoms with Crippen LogP contribution >= 0.6 is 0 Å². The predicted molar refractivity (Wildman–Crippen MR) is 108 cm³/mol. The number of carbonyl (C=O) groups excluding carboxylic acids is 2. The van der Waals surface area contributed by atoms with Gasteiger partial charge in [-0.25, -0.2) is 4.79 Å². The molecule has 0 bridgehead atoms. The first-order valence-electron chi connectivity index (χ1n) is 8.88. The van der Waals surface area contributed by atoms with Gasteiger partial charge in [0.15, 0.2) is 6.61 Å². The number of benzene rings is 2. The van der Waals surface area contributed by atoms with E-state index < -0.39 is 23.4 Å². The first-order valence-corrected chi connectivity index (χ1v) is 8.88. The highest BCUT2D eigenvalue weighted by Gasteiger charge is 2.19. The fourth-order valence-corrected chi connectivity index (χ4v) is 2.46. The molecule has 2 N–H and O–H groups in total. The molecule has 10 nitrogen and oxygen atoms in total. The Hall–Kier alpha value is -3.97. The summed E-state index contributed by atoms with van der Waals surface area (Å²) in [7, 11) is 1.52. The van der Waals surface area contributed by atoms with Gasteiger partial charge in [0.25, 0.3) is 11.6 Å². The van der Waals surface area contributed by atoms with Crippen LogP contribution in [0, 0.1) is 21.4 Å². The van der Waals surface area contributed by atoms with Crippen LogP contribution in [0.1, 0.15) is 15.9 Å². The summed E-state index contributed by atoms with van der Waals surface area (Å²) in [6, 6.07) is 12.4. The van der Waals surface area contributed by atoms with E-state index in [0.717, 1.165) is 11.6 Å². The van der Waals surface area contributed by atoms with Crippen LogP contribution in [0.15, 0.2) is 42.5 Å². The number of amides is 1. The van der Waals surface area contributed by atoms with Crippen molar-refractivity contribution in [2.75, 3.05) is 37.5 Å². The maximum Gasteiger partial charge on any atom is 0.341 e. The van der Waals surface area contributed by atoms with E-state index in [1.54, 1.807) is 24.3 Å². The summed E-state index contributed by atoms with van der Waals surface area (Å²) in [5.41, 5.74) is 1.28. The van der Waals surface area contributed by atoms with Crippen LogP contribution in [0.3, 0.4) is 0 Å². The van der Waals surface area contributed by atoms with Gasteiger partial charge in [-0.3, -0.25) is 14.9 Å². The SMILES string of the molecule is COCCNc1ccc([N+](=O)[O-])cc1C(=O)OCC(=O)Nc1ccc(CC#N)cc1. The van der Waals surface area contributed by atoms with Crippen molar-refractivity contribution in [3.63, 3.8) is 0 Å². The van der Waals surface area contributed by atoms with Crippen molar-refractivity contribution in [1.82, 2.24) is 0 Å². The summed E-state index contributed by atoms with van der Waals surface area (Å²) in [4.78, 5) is 34.9. The van der Waals surface area contributed by atoms with E-state index in [4.69, 9.17) is 14.7 Å². The van der Waals surface area contributed by atoms with E-state index in [1.165, 1.54) is 19.2 Å². The molecule has 0 aliphatic heterocycles. The van der Waals surface area contributed by atoms with Gasteiger partial charge in [-0.15, -0.1) is 0 Å². The summed E-state index contributed by atoms with van der Waals surface area (Å²) in [5.74, 6) is -1.45. The van der Waals surface area contributed by atoms with E-state index in [1.807, 2.05) is 6.07 Å². The molecule has 2 aromatic carbocycles. The Morgan fingerprint density at radius 2 is 1.93 bits per heavy atom. The maximum atomic E-state index is 12.4. The number of methoxy groups -OCH3 is 1. The Bertz CT molecular complexity index is 953. The second-order valence-corrected chi connectivity index (χ2v) is 6.06. The normalized spacial score (nSPS) is 10.0. The highest BCUT2D eigenvalue weighted by atomic mass is 16.6. The Kier molecular flexibility index (Phi) is 8.28. The monoisotopic (exact) mass is 412 g/mol. The molecule has 10 heteroatoms. The van der Waals surface area contributed by atoms with Crippen molar-refractivity contribution in [2.45, 2.75) is 6.42 Å². The minimum absolute atomic E-state index is 0.0611. The molecule has 0 aliphatic carbocycles. The molecule has 0 aliphatic rings. The largest absolute Gasteiger partial charge is 0.452 e. The quantitative estimate of drug-likeness (QED) is 0.262. The van der Waals surface area contributed by atoms with Gasteiger partial charge < -0.3 is 20.1 Å². The Balaban J connectivity index is 2.01. The average Bonchev–Trinajstić information content (AvgIpc) is 2.74. The van der Waals surface area contributed by atoms with E-state index >= 15 is 0 Å². The standard InChI is InChI=1S/C20H20N4O6/c1-29-11-10-22-18-7-6-16(24(27)28)12-17(18)20(26)30-13-19(25)23-15-4-2-14(3-5-15)8-9-21/h2-7,12,22H,8,10-11,13H2,1H3,(H,23,25). The van der Waals surface area contributed by atoms with Gasteiger partial charge in [0.05, 0.1) is 29.6 Å². The van der Waals surface area contributed by atoms with Crippen LogP contribution in [0.4, 0.5) is 17.1 Å². The molecular formula is C20H20N4O6. The van der Waals surface area contributed by atoms with Crippen LogP contribution in [0.2, 0.25) is 0 Å². The number of anilines is 2. The number of non-ortho nitro benzene ring substituents is 1. The van der Waals surface area contributed by atoms with Crippen molar-refractivity contribution >= 4 is 28.9 Å². The second kappa shape index (κ2) is 11.1. The molecule has 0 unspecified atom stereocenters. The topological polar surface area (TPSA) is 144 Å². The van der Waals surface area contributed by atoms with Crippen molar-refractivity contribution in [3.8, 4) is 6.07 Å². The van der Waals surface area contributed by atoms with E-state index in [0.29, 0.717) is 24.5 Å². The molecule has 0 saturated heterocycles. The van der Waals surface area contributed by atoms with Crippen molar-refractivity contribution in [1.29, 1.82) is 5.26 Å². The summed E-state index contributed by atoms with van der Waals surface area (Å²) in [6.45, 7) is 0.164. The first kappa shape index (κ1) is 22.3. The van der Waals surface area contributed by atoms with Crippen LogP contribution in [0.5, 0.6) is 0 Å². The minimum atomic E-state index is -0.877. The maximum absolute atomic E-state index is 12.4. The van der Waals surface area contributed by atoms with Gasteiger partial charge in [0, 0.05) is 37.2 Å². The van der Waals surface area contributed by atoms with E-state index in [-0.39, 0.29) is 17.7 Å². The van der Waals surface area contributed by atoms with Gasteiger partial charge in [-0.05, 0) is 23.8 Å². The molecule has 0 radical (unpaired) electrons. The number of nitro benzene ring substituents is 1. The number of esters is 1. The van der Waals surface area contributed by atoms with E-state index in [2.05, 4.69) is 10.6 Å². The summed E-state index contributed by atoms with van der Waals surface area (Å²) in [5, 5.41) is 25.2. The lowest BCUT2D eigenvalue weighted by Gasteiger charge is -2.12. The van der Waals surface area contributed by atoms with E-state index in [9.17, 15) is 19.7 Å². The number of nitrogens with one attached hydrogen (secondary N) is 2. The molecule has 156 valence electrons. The molecule has 0 saturated carbocycles.